The van der Waals surface area contributed by atoms with Gasteiger partial charge in [0.2, 0.25) is 23.6 Å². The number of aromatic hydroxyl groups is 1. The monoisotopic (exact) mass is 527 g/mol. The molecule has 14 heteroatoms. The molecule has 13 nitrogen and oxygen atoms in total. The minimum atomic E-state index is -1.54. The molecule has 0 aliphatic rings. The van der Waals surface area contributed by atoms with Gasteiger partial charge in [0.05, 0.1) is 18.6 Å². The number of thioether (sulfide) groups is 1. The van der Waals surface area contributed by atoms with E-state index in [-0.39, 0.29) is 18.6 Å². The number of carboxylic acids is 1. The molecule has 10 N–H and O–H groups in total. The van der Waals surface area contributed by atoms with E-state index in [0.717, 1.165) is 0 Å². The number of aliphatic carboxylic acids is 1. The lowest BCUT2D eigenvalue weighted by molar-refractivity contribution is -0.143. The summed E-state index contributed by atoms with van der Waals surface area (Å²) in [4.78, 5) is 60.7. The lowest BCUT2D eigenvalue weighted by Crippen LogP contribution is -2.60. The molecule has 5 atom stereocenters. The number of phenolic OH excluding ortho intramolecular Hbond substituents is 1. The van der Waals surface area contributed by atoms with Crippen molar-refractivity contribution in [1.82, 2.24) is 16.0 Å². The predicted molar refractivity (Wildman–Crippen MR) is 132 cm³/mol. The molecule has 0 saturated heterocycles. The number of rotatable bonds is 15. The van der Waals surface area contributed by atoms with Gasteiger partial charge in [-0.3, -0.25) is 19.2 Å². The van der Waals surface area contributed by atoms with E-state index in [4.69, 9.17) is 11.5 Å². The number of primary amides is 1. The Morgan fingerprint density at radius 3 is 2.06 bits per heavy atom. The molecule has 0 fully saturated rings. The molecule has 36 heavy (non-hydrogen) atoms. The van der Waals surface area contributed by atoms with Crippen LogP contribution in [0.15, 0.2) is 24.3 Å². The fourth-order valence-corrected chi connectivity index (χ4v) is 3.55. The third kappa shape index (κ3) is 10.5. The summed E-state index contributed by atoms with van der Waals surface area (Å²) in [6.45, 7) is 1.23. The number of benzene rings is 1. The van der Waals surface area contributed by atoms with Crippen molar-refractivity contribution in [2.75, 3.05) is 12.0 Å². The molecular formula is C22H33N5O8S. The Kier molecular flexibility index (Phi) is 12.7. The van der Waals surface area contributed by atoms with E-state index >= 15 is 0 Å². The lowest BCUT2D eigenvalue weighted by atomic mass is 10.0. The molecule has 0 aromatic heterocycles. The highest BCUT2D eigenvalue weighted by Crippen LogP contribution is 2.12. The maximum atomic E-state index is 12.9. The molecule has 0 bridgehead atoms. The number of carbonyl (C=O) groups is 5. The third-order valence-electron chi connectivity index (χ3n) is 5.05. The Hall–Kier alpha value is -3.36. The predicted octanol–water partition coefficient (Wildman–Crippen LogP) is -2.19. The summed E-state index contributed by atoms with van der Waals surface area (Å²) < 4.78 is 0. The maximum absolute atomic E-state index is 12.9. The molecule has 1 aromatic rings. The van der Waals surface area contributed by atoms with Gasteiger partial charge in [-0.15, -0.1) is 0 Å². The first kappa shape index (κ1) is 30.7. The Morgan fingerprint density at radius 1 is 0.972 bits per heavy atom. The van der Waals surface area contributed by atoms with Crippen LogP contribution in [0.2, 0.25) is 0 Å². The minimum Gasteiger partial charge on any atom is -0.508 e. The number of nitrogens with one attached hydrogen (secondary N) is 3. The second kappa shape index (κ2) is 14.9. The van der Waals surface area contributed by atoms with E-state index < -0.39 is 66.3 Å². The van der Waals surface area contributed by atoms with Crippen LogP contribution in [0.25, 0.3) is 0 Å². The molecule has 1 aromatic carbocycles. The Balaban J connectivity index is 2.95. The van der Waals surface area contributed by atoms with Crippen LogP contribution in [-0.2, 0) is 30.4 Å². The van der Waals surface area contributed by atoms with Crippen LogP contribution >= 0.6 is 11.8 Å². The average molecular weight is 528 g/mol. The number of phenols is 1. The van der Waals surface area contributed by atoms with Crippen LogP contribution in [-0.4, -0.2) is 87.2 Å². The van der Waals surface area contributed by atoms with Crippen molar-refractivity contribution in [3.05, 3.63) is 29.8 Å². The first-order valence-electron chi connectivity index (χ1n) is 11.0. The molecule has 0 spiro atoms. The SMILES string of the molecule is CSCCC(NC(=O)C(N)CC(N)=O)C(=O)NC(C(=O)NC(Cc1ccc(O)cc1)C(=O)O)C(C)O. The first-order chi connectivity index (χ1) is 16.8. The Morgan fingerprint density at radius 2 is 1.56 bits per heavy atom. The molecule has 4 amide bonds. The number of nitrogens with two attached hydrogens (primary N) is 2. The number of aliphatic hydroxyl groups excluding tert-OH is 1. The second-order valence-corrected chi connectivity index (χ2v) is 9.10. The van der Waals surface area contributed by atoms with Crippen molar-refractivity contribution in [2.45, 2.75) is 56.5 Å². The molecule has 5 unspecified atom stereocenters. The van der Waals surface area contributed by atoms with Crippen molar-refractivity contribution in [1.29, 1.82) is 0 Å². The van der Waals surface area contributed by atoms with Crippen molar-refractivity contribution < 1.29 is 39.3 Å². The van der Waals surface area contributed by atoms with E-state index in [1.54, 1.807) is 6.26 Å². The van der Waals surface area contributed by atoms with Gasteiger partial charge >= 0.3 is 5.97 Å². The van der Waals surface area contributed by atoms with Crippen LogP contribution in [0, 0.1) is 0 Å². The molecule has 0 heterocycles. The van der Waals surface area contributed by atoms with Gasteiger partial charge in [0.25, 0.3) is 0 Å². The van der Waals surface area contributed by atoms with Crippen LogP contribution < -0.4 is 27.4 Å². The van der Waals surface area contributed by atoms with E-state index in [0.29, 0.717) is 11.3 Å². The van der Waals surface area contributed by atoms with E-state index in [9.17, 15) is 39.3 Å². The smallest absolute Gasteiger partial charge is 0.326 e. The summed E-state index contributed by atoms with van der Waals surface area (Å²) in [7, 11) is 0. The molecule has 0 saturated carbocycles. The highest BCUT2D eigenvalue weighted by molar-refractivity contribution is 7.98. The molecule has 0 aliphatic carbocycles. The van der Waals surface area contributed by atoms with E-state index in [1.165, 1.54) is 43.0 Å². The van der Waals surface area contributed by atoms with Crippen LogP contribution in [0.5, 0.6) is 5.75 Å². The van der Waals surface area contributed by atoms with Crippen molar-refractivity contribution in [3.63, 3.8) is 0 Å². The van der Waals surface area contributed by atoms with Crippen molar-refractivity contribution >= 4 is 41.4 Å². The van der Waals surface area contributed by atoms with Gasteiger partial charge in [-0.2, -0.15) is 11.8 Å². The summed E-state index contributed by atoms with van der Waals surface area (Å²) in [5.41, 5.74) is 11.2. The normalized spacial score (nSPS) is 15.0. The molecule has 0 aliphatic heterocycles. The first-order valence-corrected chi connectivity index (χ1v) is 12.4. The van der Waals surface area contributed by atoms with Gasteiger partial charge in [-0.05, 0) is 43.0 Å². The number of carboxylic acid groups (broad SMARTS) is 1. The lowest BCUT2D eigenvalue weighted by Gasteiger charge is -2.26. The topological polar surface area (TPSA) is 234 Å². The van der Waals surface area contributed by atoms with Gasteiger partial charge in [0.15, 0.2) is 0 Å². The average Bonchev–Trinajstić information content (AvgIpc) is 2.79. The van der Waals surface area contributed by atoms with Crippen molar-refractivity contribution in [2.24, 2.45) is 11.5 Å². The summed E-state index contributed by atoms with van der Waals surface area (Å²) in [5.74, 6) is -4.27. The zero-order valence-electron chi connectivity index (χ0n) is 20.0. The quantitative estimate of drug-likeness (QED) is 0.123. The summed E-state index contributed by atoms with van der Waals surface area (Å²) in [6.07, 6.45) is -0.0345. The highest BCUT2D eigenvalue weighted by atomic mass is 32.2. The minimum absolute atomic E-state index is 0.00903. The fraction of sp³-hybridized carbons (Fsp3) is 0.500. The zero-order valence-corrected chi connectivity index (χ0v) is 20.8. The number of aliphatic hydroxyl groups is 1. The third-order valence-corrected chi connectivity index (χ3v) is 5.70. The Labute approximate surface area is 212 Å². The number of amides is 4. The van der Waals surface area contributed by atoms with Gasteiger partial charge in [-0.25, -0.2) is 4.79 Å². The molecular weight excluding hydrogens is 494 g/mol. The molecule has 200 valence electrons. The van der Waals surface area contributed by atoms with Gasteiger partial charge in [0.1, 0.15) is 23.9 Å². The number of hydrogen-bond acceptors (Lipinski definition) is 9. The highest BCUT2D eigenvalue weighted by Gasteiger charge is 2.32. The Bertz CT molecular complexity index is 928. The van der Waals surface area contributed by atoms with E-state index in [1.807, 2.05) is 0 Å². The van der Waals surface area contributed by atoms with Gasteiger partial charge in [0, 0.05) is 6.42 Å². The largest absolute Gasteiger partial charge is 0.508 e. The van der Waals surface area contributed by atoms with Crippen LogP contribution in [0.1, 0.15) is 25.3 Å². The summed E-state index contributed by atoms with van der Waals surface area (Å²) in [5, 5.41) is 36.1. The molecule has 0 radical (unpaired) electrons. The van der Waals surface area contributed by atoms with Crippen LogP contribution in [0.3, 0.4) is 0 Å². The van der Waals surface area contributed by atoms with Gasteiger partial charge < -0.3 is 42.7 Å². The number of carbonyl (C=O) groups excluding carboxylic acids is 4. The number of hydrogen-bond donors (Lipinski definition) is 8. The van der Waals surface area contributed by atoms with Crippen LogP contribution in [0.4, 0.5) is 0 Å². The summed E-state index contributed by atoms with van der Waals surface area (Å²) in [6, 6.07) is 0.372. The maximum Gasteiger partial charge on any atom is 0.326 e. The standard InChI is InChI=1S/C22H33N5O8S/c1-11(28)18(21(33)26-16(22(34)35)9-12-3-5-13(29)6-4-12)27-20(32)15(7-8-36-2)25-19(31)14(23)10-17(24)30/h3-6,11,14-16,18,28-29H,7-10,23H2,1-2H3,(H2,24,30)(H,25,31)(H,26,33)(H,27,32)(H,34,35). The summed E-state index contributed by atoms with van der Waals surface area (Å²) >= 11 is 1.39. The zero-order chi connectivity index (χ0) is 27.4. The van der Waals surface area contributed by atoms with Gasteiger partial charge in [-0.1, -0.05) is 12.1 Å². The van der Waals surface area contributed by atoms with Crippen molar-refractivity contribution in [3.8, 4) is 5.75 Å². The fourth-order valence-electron chi connectivity index (χ4n) is 3.08. The molecule has 1 rings (SSSR count). The van der Waals surface area contributed by atoms with E-state index in [2.05, 4.69) is 16.0 Å². The second-order valence-electron chi connectivity index (χ2n) is 8.12.